The standard InChI is InChI=1S/C9H13NO3S/c11-3-1-2-10-5-8-4-7(6-14-8)9(12)13/h4,6,10-11H,1-3,5H2,(H,12,13). The van der Waals surface area contributed by atoms with Gasteiger partial charge in [-0.15, -0.1) is 11.3 Å². The number of carboxylic acids is 1. The van der Waals surface area contributed by atoms with E-state index < -0.39 is 5.97 Å². The summed E-state index contributed by atoms with van der Waals surface area (Å²) < 4.78 is 0. The van der Waals surface area contributed by atoms with Gasteiger partial charge in [-0.2, -0.15) is 0 Å². The second kappa shape index (κ2) is 5.74. The van der Waals surface area contributed by atoms with E-state index in [2.05, 4.69) is 5.32 Å². The van der Waals surface area contributed by atoms with Crippen LogP contribution in [0.15, 0.2) is 11.4 Å². The van der Waals surface area contributed by atoms with Crippen LogP contribution in [0.2, 0.25) is 0 Å². The number of nitrogens with one attached hydrogen (secondary N) is 1. The fourth-order valence-electron chi connectivity index (χ4n) is 1.00. The van der Waals surface area contributed by atoms with Crippen LogP contribution >= 0.6 is 11.3 Å². The van der Waals surface area contributed by atoms with Crippen LogP contribution < -0.4 is 5.32 Å². The lowest BCUT2D eigenvalue weighted by atomic mass is 10.3. The van der Waals surface area contributed by atoms with Crippen molar-refractivity contribution in [3.8, 4) is 0 Å². The van der Waals surface area contributed by atoms with Crippen LogP contribution in [0.1, 0.15) is 21.7 Å². The molecule has 0 aliphatic heterocycles. The largest absolute Gasteiger partial charge is 0.478 e. The summed E-state index contributed by atoms with van der Waals surface area (Å²) in [6.45, 7) is 1.59. The summed E-state index contributed by atoms with van der Waals surface area (Å²) >= 11 is 1.43. The first kappa shape index (κ1) is 11.2. The average Bonchev–Trinajstić information content (AvgIpc) is 2.61. The van der Waals surface area contributed by atoms with Gasteiger partial charge < -0.3 is 15.5 Å². The lowest BCUT2D eigenvalue weighted by Crippen LogP contribution is -2.14. The van der Waals surface area contributed by atoms with Crippen molar-refractivity contribution in [3.05, 3.63) is 21.9 Å². The van der Waals surface area contributed by atoms with E-state index >= 15 is 0 Å². The summed E-state index contributed by atoms with van der Waals surface area (Å²) in [4.78, 5) is 11.5. The Morgan fingerprint density at radius 1 is 1.57 bits per heavy atom. The zero-order valence-corrected chi connectivity index (χ0v) is 8.51. The number of carbonyl (C=O) groups is 1. The smallest absolute Gasteiger partial charge is 0.336 e. The normalized spacial score (nSPS) is 10.4. The molecule has 1 heterocycles. The van der Waals surface area contributed by atoms with Crippen molar-refractivity contribution in [2.75, 3.05) is 13.2 Å². The molecule has 1 rings (SSSR count). The van der Waals surface area contributed by atoms with Gasteiger partial charge in [-0.05, 0) is 19.0 Å². The van der Waals surface area contributed by atoms with E-state index in [1.165, 1.54) is 11.3 Å². The Hall–Kier alpha value is -0.910. The Morgan fingerprint density at radius 2 is 2.36 bits per heavy atom. The number of hydrogen-bond acceptors (Lipinski definition) is 4. The summed E-state index contributed by atoms with van der Waals surface area (Å²) in [6.07, 6.45) is 0.719. The zero-order chi connectivity index (χ0) is 10.4. The number of aliphatic hydroxyl groups excluding tert-OH is 1. The number of aliphatic hydroxyl groups is 1. The van der Waals surface area contributed by atoms with E-state index in [0.29, 0.717) is 12.1 Å². The van der Waals surface area contributed by atoms with Crippen molar-refractivity contribution in [2.45, 2.75) is 13.0 Å². The van der Waals surface area contributed by atoms with E-state index in [-0.39, 0.29) is 6.61 Å². The molecule has 0 amide bonds. The maximum absolute atomic E-state index is 10.5. The molecule has 0 fully saturated rings. The maximum atomic E-state index is 10.5. The first-order valence-electron chi connectivity index (χ1n) is 4.36. The van der Waals surface area contributed by atoms with Crippen molar-refractivity contribution < 1.29 is 15.0 Å². The van der Waals surface area contributed by atoms with E-state index in [0.717, 1.165) is 17.8 Å². The number of carboxylic acid groups (broad SMARTS) is 1. The van der Waals surface area contributed by atoms with E-state index in [4.69, 9.17) is 10.2 Å². The molecule has 1 aromatic rings. The molecule has 5 heteroatoms. The Bertz CT molecular complexity index is 298. The van der Waals surface area contributed by atoms with Crippen LogP contribution in [0, 0.1) is 0 Å². The van der Waals surface area contributed by atoms with Crippen LogP contribution in [-0.2, 0) is 6.54 Å². The molecule has 0 saturated carbocycles. The number of thiophene rings is 1. The van der Waals surface area contributed by atoms with Crippen molar-refractivity contribution in [1.29, 1.82) is 0 Å². The molecule has 0 aromatic carbocycles. The molecule has 3 N–H and O–H groups in total. The highest BCUT2D eigenvalue weighted by atomic mass is 32.1. The molecule has 0 spiro atoms. The fraction of sp³-hybridized carbons (Fsp3) is 0.444. The van der Waals surface area contributed by atoms with E-state index in [1.54, 1.807) is 11.4 Å². The first-order chi connectivity index (χ1) is 6.74. The maximum Gasteiger partial charge on any atom is 0.336 e. The average molecular weight is 215 g/mol. The van der Waals surface area contributed by atoms with Crippen LogP contribution in [0.3, 0.4) is 0 Å². The van der Waals surface area contributed by atoms with Crippen molar-refractivity contribution >= 4 is 17.3 Å². The van der Waals surface area contributed by atoms with Crippen molar-refractivity contribution in [1.82, 2.24) is 5.32 Å². The predicted octanol–water partition coefficient (Wildman–Crippen LogP) is 0.918. The van der Waals surface area contributed by atoms with Gasteiger partial charge >= 0.3 is 5.97 Å². The van der Waals surface area contributed by atoms with Crippen molar-refractivity contribution in [3.63, 3.8) is 0 Å². The molecule has 78 valence electrons. The summed E-state index contributed by atoms with van der Waals surface area (Å²) in [5.41, 5.74) is 0.342. The Labute approximate surface area is 86.2 Å². The first-order valence-corrected chi connectivity index (χ1v) is 5.24. The van der Waals surface area contributed by atoms with Gasteiger partial charge in [-0.1, -0.05) is 0 Å². The quantitative estimate of drug-likeness (QED) is 0.617. The van der Waals surface area contributed by atoms with E-state index in [1.807, 2.05) is 0 Å². The topological polar surface area (TPSA) is 69.6 Å². The summed E-state index contributed by atoms with van der Waals surface area (Å²) in [7, 11) is 0. The Balaban J connectivity index is 2.33. The minimum absolute atomic E-state index is 0.178. The highest BCUT2D eigenvalue weighted by molar-refractivity contribution is 7.10. The highest BCUT2D eigenvalue weighted by Crippen LogP contribution is 2.14. The van der Waals surface area contributed by atoms with Gasteiger partial charge in [0.25, 0.3) is 0 Å². The SMILES string of the molecule is O=C(O)c1csc(CNCCCO)c1. The summed E-state index contributed by atoms with van der Waals surface area (Å²) in [5, 5.41) is 21.9. The molecular formula is C9H13NO3S. The highest BCUT2D eigenvalue weighted by Gasteiger charge is 2.05. The third-order valence-corrected chi connectivity index (χ3v) is 2.65. The Kier molecular flexibility index (Phi) is 4.58. The molecule has 0 atom stereocenters. The van der Waals surface area contributed by atoms with Gasteiger partial charge in [0.15, 0.2) is 0 Å². The minimum atomic E-state index is -0.886. The minimum Gasteiger partial charge on any atom is -0.478 e. The van der Waals surface area contributed by atoms with Gasteiger partial charge in [0.2, 0.25) is 0 Å². The van der Waals surface area contributed by atoms with Crippen LogP contribution in [0.5, 0.6) is 0 Å². The van der Waals surface area contributed by atoms with Gasteiger partial charge in [0, 0.05) is 23.4 Å². The second-order valence-electron chi connectivity index (χ2n) is 2.86. The summed E-state index contributed by atoms with van der Waals surface area (Å²) in [5.74, 6) is -0.886. The number of aromatic carboxylic acids is 1. The van der Waals surface area contributed by atoms with Gasteiger partial charge in [-0.25, -0.2) is 4.79 Å². The summed E-state index contributed by atoms with van der Waals surface area (Å²) in [6, 6.07) is 1.67. The molecule has 1 aromatic heterocycles. The number of hydrogen-bond donors (Lipinski definition) is 3. The molecule has 0 bridgehead atoms. The Morgan fingerprint density at radius 3 is 2.93 bits per heavy atom. The molecule has 0 unspecified atom stereocenters. The second-order valence-corrected chi connectivity index (χ2v) is 3.86. The fourth-order valence-corrected chi connectivity index (χ4v) is 1.83. The van der Waals surface area contributed by atoms with Crippen molar-refractivity contribution in [2.24, 2.45) is 0 Å². The molecule has 4 nitrogen and oxygen atoms in total. The van der Waals surface area contributed by atoms with Gasteiger partial charge in [0.05, 0.1) is 5.56 Å². The molecular weight excluding hydrogens is 202 g/mol. The van der Waals surface area contributed by atoms with Gasteiger partial charge in [0.1, 0.15) is 0 Å². The molecule has 0 saturated heterocycles. The van der Waals surface area contributed by atoms with Crippen LogP contribution in [0.25, 0.3) is 0 Å². The lowest BCUT2D eigenvalue weighted by molar-refractivity contribution is 0.0697. The van der Waals surface area contributed by atoms with Crippen LogP contribution in [-0.4, -0.2) is 29.3 Å². The monoisotopic (exact) mass is 215 g/mol. The zero-order valence-electron chi connectivity index (χ0n) is 7.69. The van der Waals surface area contributed by atoms with Crippen LogP contribution in [0.4, 0.5) is 0 Å². The molecule has 0 radical (unpaired) electrons. The number of rotatable bonds is 6. The lowest BCUT2D eigenvalue weighted by Gasteiger charge is -1.99. The predicted molar refractivity (Wildman–Crippen MR) is 54.7 cm³/mol. The third kappa shape index (κ3) is 3.45. The molecule has 0 aliphatic carbocycles. The molecule has 0 aliphatic rings. The van der Waals surface area contributed by atoms with E-state index in [9.17, 15) is 4.79 Å². The van der Waals surface area contributed by atoms with Gasteiger partial charge in [-0.3, -0.25) is 0 Å². The third-order valence-electron chi connectivity index (χ3n) is 1.71. The molecule has 14 heavy (non-hydrogen) atoms.